The van der Waals surface area contributed by atoms with Crippen LogP contribution in [-0.2, 0) is 0 Å². The maximum absolute atomic E-state index is 3.99. The van der Waals surface area contributed by atoms with Crippen molar-refractivity contribution in [2.45, 2.75) is 0 Å². The van der Waals surface area contributed by atoms with Crippen molar-refractivity contribution in [2.24, 2.45) is 0 Å². The van der Waals surface area contributed by atoms with Gasteiger partial charge >= 0.3 is 0 Å². The molecule has 0 spiro atoms. The van der Waals surface area contributed by atoms with Crippen LogP contribution in [0.3, 0.4) is 0 Å². The van der Waals surface area contributed by atoms with E-state index in [1.54, 1.807) is 23.1 Å². The van der Waals surface area contributed by atoms with Gasteiger partial charge in [-0.3, -0.25) is 0 Å². The van der Waals surface area contributed by atoms with Crippen LogP contribution < -0.4 is 0 Å². The highest BCUT2D eigenvalue weighted by molar-refractivity contribution is 9.10. The molecule has 2 rings (SSSR count). The van der Waals surface area contributed by atoms with Crippen molar-refractivity contribution < 1.29 is 0 Å². The minimum Gasteiger partial charge on any atom is -0.245 e. The lowest BCUT2D eigenvalue weighted by atomic mass is 10.6. The van der Waals surface area contributed by atoms with Crippen LogP contribution >= 0.6 is 15.9 Å². The minimum atomic E-state index is 0.682. The van der Waals surface area contributed by atoms with Crippen molar-refractivity contribution >= 4 is 15.9 Å². The van der Waals surface area contributed by atoms with E-state index in [1.165, 1.54) is 6.33 Å². The quantitative estimate of drug-likeness (QED) is 0.722. The summed E-state index contributed by atoms with van der Waals surface area (Å²) >= 11 is 3.19. The molecule has 0 fully saturated rings. The Bertz CT molecular complexity index is 370. The normalized spacial score (nSPS) is 10.1. The zero-order valence-corrected chi connectivity index (χ0v) is 7.51. The smallest absolute Gasteiger partial charge is 0.158 e. The van der Waals surface area contributed by atoms with Crippen molar-refractivity contribution in [1.82, 2.24) is 25.0 Å². The Hall–Kier alpha value is -1.30. The Balaban J connectivity index is 2.45. The number of hydrogen-bond donors (Lipinski definition) is 0. The van der Waals surface area contributed by atoms with E-state index < -0.39 is 0 Å². The summed E-state index contributed by atoms with van der Waals surface area (Å²) in [5.41, 5.74) is 0. The van der Waals surface area contributed by atoms with E-state index in [0.29, 0.717) is 10.4 Å². The van der Waals surface area contributed by atoms with Gasteiger partial charge in [0.25, 0.3) is 0 Å². The van der Waals surface area contributed by atoms with Gasteiger partial charge in [0.2, 0.25) is 0 Å². The summed E-state index contributed by atoms with van der Waals surface area (Å²) in [6.45, 7) is 0. The van der Waals surface area contributed by atoms with Gasteiger partial charge in [0, 0.05) is 12.3 Å². The molecule has 6 heteroatoms. The number of hydrogen-bond acceptors (Lipinski definition) is 4. The van der Waals surface area contributed by atoms with Crippen LogP contribution in [0.15, 0.2) is 29.4 Å². The average Bonchev–Trinajstić information content (AvgIpc) is 2.54. The molecule has 0 bridgehead atoms. The largest absolute Gasteiger partial charge is 0.245 e. The standard InChI is InChI=1S/C6H4BrN5/c7-5-3-12(11-10-5)6-1-2-8-4-9-6/h1-4H. The van der Waals surface area contributed by atoms with Crippen LogP contribution in [0.4, 0.5) is 0 Å². The van der Waals surface area contributed by atoms with E-state index in [9.17, 15) is 0 Å². The van der Waals surface area contributed by atoms with Crippen molar-refractivity contribution in [3.05, 3.63) is 29.4 Å². The molecule has 0 saturated carbocycles. The lowest BCUT2D eigenvalue weighted by Gasteiger charge is -1.94. The molecule has 0 aliphatic carbocycles. The van der Waals surface area contributed by atoms with Gasteiger partial charge in [0.1, 0.15) is 10.9 Å². The SMILES string of the molecule is Brc1cn(-c2ccncn2)nn1. The zero-order chi connectivity index (χ0) is 8.39. The Morgan fingerprint density at radius 2 is 2.33 bits per heavy atom. The maximum atomic E-state index is 3.99. The lowest BCUT2D eigenvalue weighted by Crippen LogP contribution is -1.97. The monoisotopic (exact) mass is 225 g/mol. The predicted octanol–water partition coefficient (Wildman–Crippen LogP) is 0.820. The summed E-state index contributed by atoms with van der Waals surface area (Å²) in [4.78, 5) is 7.78. The average molecular weight is 226 g/mol. The molecule has 60 valence electrons. The summed E-state index contributed by atoms with van der Waals surface area (Å²) in [5, 5.41) is 7.58. The molecule has 0 radical (unpaired) electrons. The molecule has 0 aliphatic heterocycles. The van der Waals surface area contributed by atoms with E-state index in [1.807, 2.05) is 0 Å². The highest BCUT2D eigenvalue weighted by atomic mass is 79.9. The van der Waals surface area contributed by atoms with Gasteiger partial charge < -0.3 is 0 Å². The molecule has 5 nitrogen and oxygen atoms in total. The second-order valence-electron chi connectivity index (χ2n) is 2.05. The van der Waals surface area contributed by atoms with Crippen LogP contribution in [0.2, 0.25) is 0 Å². The summed E-state index contributed by atoms with van der Waals surface area (Å²) in [6, 6.07) is 1.75. The van der Waals surface area contributed by atoms with E-state index in [2.05, 4.69) is 36.2 Å². The Kier molecular flexibility index (Phi) is 1.83. The predicted molar refractivity (Wildman–Crippen MR) is 44.6 cm³/mol. The molecule has 0 aliphatic rings. The molecule has 0 aromatic carbocycles. The number of aromatic nitrogens is 5. The van der Waals surface area contributed by atoms with E-state index >= 15 is 0 Å². The minimum absolute atomic E-state index is 0.682. The highest BCUT2D eigenvalue weighted by Gasteiger charge is 1.99. The fraction of sp³-hybridized carbons (Fsp3) is 0. The van der Waals surface area contributed by atoms with Gasteiger partial charge in [-0.1, -0.05) is 5.21 Å². The first-order valence-corrected chi connectivity index (χ1v) is 4.00. The third-order valence-electron chi connectivity index (χ3n) is 1.27. The van der Waals surface area contributed by atoms with Crippen LogP contribution in [0.5, 0.6) is 0 Å². The zero-order valence-electron chi connectivity index (χ0n) is 5.92. The third kappa shape index (κ3) is 1.33. The molecule has 2 heterocycles. The number of halogens is 1. The molecule has 2 aromatic heterocycles. The molecular weight excluding hydrogens is 222 g/mol. The molecule has 12 heavy (non-hydrogen) atoms. The molecule has 2 aromatic rings. The first-order chi connectivity index (χ1) is 5.86. The van der Waals surface area contributed by atoms with Gasteiger partial charge in [-0.25, -0.2) is 14.6 Å². The van der Waals surface area contributed by atoms with Gasteiger partial charge in [-0.15, -0.1) is 5.10 Å². The van der Waals surface area contributed by atoms with Crippen molar-refractivity contribution in [3.8, 4) is 5.82 Å². The van der Waals surface area contributed by atoms with Crippen LogP contribution in [0, 0.1) is 0 Å². The van der Waals surface area contributed by atoms with Crippen LogP contribution in [0.1, 0.15) is 0 Å². The van der Waals surface area contributed by atoms with E-state index in [0.717, 1.165) is 0 Å². The Morgan fingerprint density at radius 1 is 1.42 bits per heavy atom. The second-order valence-corrected chi connectivity index (χ2v) is 2.87. The molecule has 0 N–H and O–H groups in total. The van der Waals surface area contributed by atoms with E-state index in [-0.39, 0.29) is 0 Å². The molecule has 0 unspecified atom stereocenters. The number of rotatable bonds is 1. The first-order valence-electron chi connectivity index (χ1n) is 3.20. The van der Waals surface area contributed by atoms with Gasteiger partial charge in [0.05, 0.1) is 6.20 Å². The lowest BCUT2D eigenvalue weighted by molar-refractivity contribution is 0.776. The Labute approximate surface area is 76.6 Å². The third-order valence-corrected chi connectivity index (χ3v) is 1.63. The second kappa shape index (κ2) is 2.98. The van der Waals surface area contributed by atoms with Crippen molar-refractivity contribution in [1.29, 1.82) is 0 Å². The van der Waals surface area contributed by atoms with Gasteiger partial charge in [-0.05, 0) is 15.9 Å². The molecule has 0 atom stereocenters. The molecular formula is C6H4BrN5. The topological polar surface area (TPSA) is 56.5 Å². The van der Waals surface area contributed by atoms with Crippen molar-refractivity contribution in [3.63, 3.8) is 0 Å². The van der Waals surface area contributed by atoms with Gasteiger partial charge in [-0.2, -0.15) is 0 Å². The fourth-order valence-corrected chi connectivity index (χ4v) is 1.04. The highest BCUT2D eigenvalue weighted by Crippen LogP contribution is 2.05. The number of nitrogens with zero attached hydrogens (tertiary/aromatic N) is 5. The fourth-order valence-electron chi connectivity index (χ4n) is 0.775. The summed E-state index contributed by atoms with van der Waals surface area (Å²) < 4.78 is 2.24. The van der Waals surface area contributed by atoms with Crippen LogP contribution in [-0.4, -0.2) is 25.0 Å². The van der Waals surface area contributed by atoms with Gasteiger partial charge in [0.15, 0.2) is 5.82 Å². The Morgan fingerprint density at radius 3 is 2.92 bits per heavy atom. The van der Waals surface area contributed by atoms with Crippen molar-refractivity contribution in [2.75, 3.05) is 0 Å². The van der Waals surface area contributed by atoms with Crippen LogP contribution in [0.25, 0.3) is 5.82 Å². The summed E-state index contributed by atoms with van der Waals surface area (Å²) in [5.74, 6) is 0.697. The summed E-state index contributed by atoms with van der Waals surface area (Å²) in [6.07, 6.45) is 4.84. The maximum Gasteiger partial charge on any atom is 0.158 e. The summed E-state index contributed by atoms with van der Waals surface area (Å²) in [7, 11) is 0. The van der Waals surface area contributed by atoms with E-state index in [4.69, 9.17) is 0 Å². The molecule has 0 amide bonds. The first kappa shape index (κ1) is 7.35. The molecule has 0 saturated heterocycles.